The zero-order valence-corrected chi connectivity index (χ0v) is 14.6. The summed E-state index contributed by atoms with van der Waals surface area (Å²) in [6.45, 7) is 4.16. The molecule has 1 N–H and O–H groups in total. The fourth-order valence-corrected chi connectivity index (χ4v) is 3.89. The molecule has 3 atom stereocenters. The van der Waals surface area contributed by atoms with Gasteiger partial charge in [0.05, 0.1) is 6.26 Å². The van der Waals surface area contributed by atoms with Crippen molar-refractivity contribution in [3.8, 4) is 0 Å². The molecule has 0 radical (unpaired) electrons. The molecule has 1 aliphatic heterocycles. The highest BCUT2D eigenvalue weighted by molar-refractivity contribution is 5.82. The molecule has 4 heteroatoms. The third-order valence-corrected chi connectivity index (χ3v) is 5.53. The van der Waals surface area contributed by atoms with Crippen molar-refractivity contribution in [2.75, 3.05) is 26.2 Å². The van der Waals surface area contributed by atoms with Crippen molar-refractivity contribution in [1.29, 1.82) is 0 Å². The highest BCUT2D eigenvalue weighted by Gasteiger charge is 2.45. The van der Waals surface area contributed by atoms with Crippen LogP contribution in [0, 0.1) is 11.8 Å². The van der Waals surface area contributed by atoms with Crippen LogP contribution >= 0.6 is 0 Å². The molecule has 0 bridgehead atoms. The first kappa shape index (κ1) is 16.4. The molecule has 2 heterocycles. The van der Waals surface area contributed by atoms with E-state index in [1.807, 2.05) is 12.1 Å². The Labute approximate surface area is 149 Å². The number of carbonyl (C=O) groups excluding carboxylic acids is 1. The van der Waals surface area contributed by atoms with E-state index in [1.54, 1.807) is 6.26 Å². The SMILES string of the molecule is O=C(NCC1CCN(CCc2ccccc2)C1)C1CC1c1ccco1. The van der Waals surface area contributed by atoms with Crippen molar-refractivity contribution < 1.29 is 9.21 Å². The van der Waals surface area contributed by atoms with E-state index in [9.17, 15) is 4.79 Å². The van der Waals surface area contributed by atoms with Crippen molar-refractivity contribution in [2.45, 2.75) is 25.2 Å². The van der Waals surface area contributed by atoms with Crippen molar-refractivity contribution in [2.24, 2.45) is 11.8 Å². The second-order valence-electron chi connectivity index (χ2n) is 7.40. The summed E-state index contributed by atoms with van der Waals surface area (Å²) in [6, 6.07) is 14.5. The molecular weight excluding hydrogens is 312 g/mol. The van der Waals surface area contributed by atoms with Crippen LogP contribution in [0.5, 0.6) is 0 Å². The van der Waals surface area contributed by atoms with Gasteiger partial charge >= 0.3 is 0 Å². The third kappa shape index (κ3) is 4.13. The summed E-state index contributed by atoms with van der Waals surface area (Å²) in [7, 11) is 0. The maximum Gasteiger partial charge on any atom is 0.223 e. The van der Waals surface area contributed by atoms with Gasteiger partial charge in [-0.1, -0.05) is 30.3 Å². The zero-order valence-electron chi connectivity index (χ0n) is 14.6. The average Bonchev–Trinajstić information content (AvgIpc) is 3.06. The topological polar surface area (TPSA) is 45.5 Å². The van der Waals surface area contributed by atoms with Gasteiger partial charge in [-0.05, 0) is 49.4 Å². The molecule has 1 aromatic carbocycles. The van der Waals surface area contributed by atoms with Gasteiger partial charge in [-0.25, -0.2) is 0 Å². The van der Waals surface area contributed by atoms with Crippen LogP contribution in [-0.4, -0.2) is 37.0 Å². The predicted octanol–water partition coefficient (Wildman–Crippen LogP) is 3.06. The number of hydrogen-bond donors (Lipinski definition) is 1. The molecular formula is C21H26N2O2. The molecule has 2 aromatic rings. The van der Waals surface area contributed by atoms with Crippen LogP contribution in [0.15, 0.2) is 53.1 Å². The van der Waals surface area contributed by atoms with Gasteiger partial charge in [-0.3, -0.25) is 4.79 Å². The van der Waals surface area contributed by atoms with E-state index in [-0.39, 0.29) is 11.8 Å². The number of furan rings is 1. The van der Waals surface area contributed by atoms with Crippen LogP contribution in [0.4, 0.5) is 0 Å². The summed E-state index contributed by atoms with van der Waals surface area (Å²) in [5.74, 6) is 2.14. The van der Waals surface area contributed by atoms with Gasteiger partial charge in [0.1, 0.15) is 5.76 Å². The first-order chi connectivity index (χ1) is 12.3. The molecule has 4 rings (SSSR count). The van der Waals surface area contributed by atoms with Gasteiger partial charge in [0.2, 0.25) is 5.91 Å². The fourth-order valence-electron chi connectivity index (χ4n) is 3.89. The summed E-state index contributed by atoms with van der Waals surface area (Å²) in [6.07, 6.45) is 4.90. The Morgan fingerprint density at radius 2 is 2.08 bits per heavy atom. The fraction of sp³-hybridized carbons (Fsp3) is 0.476. The monoisotopic (exact) mass is 338 g/mol. The van der Waals surface area contributed by atoms with Crippen molar-refractivity contribution in [3.63, 3.8) is 0 Å². The molecule has 1 amide bonds. The van der Waals surface area contributed by atoms with Gasteiger partial charge in [0.15, 0.2) is 0 Å². The van der Waals surface area contributed by atoms with Gasteiger partial charge in [0.25, 0.3) is 0 Å². The lowest BCUT2D eigenvalue weighted by atomic mass is 10.1. The predicted molar refractivity (Wildman–Crippen MR) is 97.3 cm³/mol. The minimum Gasteiger partial charge on any atom is -0.469 e. The number of rotatable bonds is 7. The first-order valence-corrected chi connectivity index (χ1v) is 9.37. The molecule has 1 aromatic heterocycles. The Morgan fingerprint density at radius 1 is 1.20 bits per heavy atom. The van der Waals surface area contributed by atoms with E-state index in [2.05, 4.69) is 40.5 Å². The Balaban J connectivity index is 1.16. The quantitative estimate of drug-likeness (QED) is 0.844. The van der Waals surface area contributed by atoms with E-state index < -0.39 is 0 Å². The number of likely N-dealkylation sites (tertiary alicyclic amines) is 1. The Hall–Kier alpha value is -2.07. The molecule has 2 fully saturated rings. The number of carbonyl (C=O) groups is 1. The van der Waals surface area contributed by atoms with Gasteiger partial charge in [-0.2, -0.15) is 0 Å². The van der Waals surface area contributed by atoms with Crippen LogP contribution in [0.25, 0.3) is 0 Å². The molecule has 132 valence electrons. The number of benzene rings is 1. The summed E-state index contributed by atoms with van der Waals surface area (Å²) >= 11 is 0. The van der Waals surface area contributed by atoms with E-state index in [0.29, 0.717) is 11.8 Å². The largest absolute Gasteiger partial charge is 0.469 e. The van der Waals surface area contributed by atoms with Crippen LogP contribution < -0.4 is 5.32 Å². The standard InChI is InChI=1S/C21H26N2O2/c24-21(19-13-18(19)20-7-4-12-25-20)22-14-17-9-11-23(15-17)10-8-16-5-2-1-3-6-16/h1-7,12,17-19H,8-11,13-15H2,(H,22,24). The van der Waals surface area contributed by atoms with Crippen LogP contribution in [0.3, 0.4) is 0 Å². The van der Waals surface area contributed by atoms with E-state index in [4.69, 9.17) is 4.42 Å². The lowest BCUT2D eigenvalue weighted by Gasteiger charge is -2.16. The lowest BCUT2D eigenvalue weighted by Crippen LogP contribution is -2.32. The number of hydrogen-bond acceptors (Lipinski definition) is 3. The van der Waals surface area contributed by atoms with E-state index in [1.165, 1.54) is 12.0 Å². The first-order valence-electron chi connectivity index (χ1n) is 9.37. The third-order valence-electron chi connectivity index (χ3n) is 5.53. The maximum absolute atomic E-state index is 12.3. The van der Waals surface area contributed by atoms with Gasteiger partial charge in [0, 0.05) is 31.5 Å². The summed E-state index contributed by atoms with van der Waals surface area (Å²) < 4.78 is 5.41. The molecule has 3 unspecified atom stereocenters. The van der Waals surface area contributed by atoms with E-state index in [0.717, 1.165) is 44.8 Å². The van der Waals surface area contributed by atoms with Crippen LogP contribution in [0.2, 0.25) is 0 Å². The summed E-state index contributed by atoms with van der Waals surface area (Å²) in [5, 5.41) is 3.17. The van der Waals surface area contributed by atoms with Crippen molar-refractivity contribution >= 4 is 5.91 Å². The molecule has 2 aliphatic rings. The van der Waals surface area contributed by atoms with Crippen LogP contribution in [0.1, 0.15) is 30.1 Å². The summed E-state index contributed by atoms with van der Waals surface area (Å²) in [4.78, 5) is 14.8. The van der Waals surface area contributed by atoms with Crippen molar-refractivity contribution in [3.05, 3.63) is 60.1 Å². The normalized spacial score (nSPS) is 25.8. The Morgan fingerprint density at radius 3 is 2.88 bits per heavy atom. The lowest BCUT2D eigenvalue weighted by molar-refractivity contribution is -0.122. The summed E-state index contributed by atoms with van der Waals surface area (Å²) in [5.41, 5.74) is 1.40. The molecule has 4 nitrogen and oxygen atoms in total. The molecule has 25 heavy (non-hydrogen) atoms. The molecule has 1 saturated heterocycles. The second-order valence-corrected chi connectivity index (χ2v) is 7.40. The molecule has 0 spiro atoms. The zero-order chi connectivity index (χ0) is 17.1. The molecule has 1 saturated carbocycles. The minimum atomic E-state index is 0.113. The number of amides is 1. The second kappa shape index (κ2) is 7.44. The highest BCUT2D eigenvalue weighted by atomic mass is 16.3. The Kier molecular flexibility index (Phi) is 4.88. The number of nitrogens with one attached hydrogen (secondary N) is 1. The van der Waals surface area contributed by atoms with Gasteiger partial charge in [-0.15, -0.1) is 0 Å². The van der Waals surface area contributed by atoms with Crippen molar-refractivity contribution in [1.82, 2.24) is 10.2 Å². The smallest absolute Gasteiger partial charge is 0.223 e. The van der Waals surface area contributed by atoms with E-state index >= 15 is 0 Å². The molecule has 1 aliphatic carbocycles. The Bertz CT molecular complexity index is 683. The average molecular weight is 338 g/mol. The number of nitrogens with zero attached hydrogens (tertiary/aromatic N) is 1. The highest BCUT2D eigenvalue weighted by Crippen LogP contribution is 2.47. The van der Waals surface area contributed by atoms with Gasteiger partial charge < -0.3 is 14.6 Å². The maximum atomic E-state index is 12.3. The minimum absolute atomic E-state index is 0.113. The van der Waals surface area contributed by atoms with Crippen LogP contribution in [-0.2, 0) is 11.2 Å².